The van der Waals surface area contributed by atoms with Crippen LogP contribution in [-0.4, -0.2) is 48.6 Å². The van der Waals surface area contributed by atoms with Gasteiger partial charge < -0.3 is 19.7 Å². The summed E-state index contributed by atoms with van der Waals surface area (Å²) in [5, 5.41) is 2.88. The number of carbonyl (C=O) groups is 2. The first-order valence-corrected chi connectivity index (χ1v) is 9.21. The van der Waals surface area contributed by atoms with Gasteiger partial charge in [-0.25, -0.2) is 0 Å². The smallest absolute Gasteiger partial charge is 0.254 e. The van der Waals surface area contributed by atoms with E-state index in [9.17, 15) is 9.59 Å². The van der Waals surface area contributed by atoms with Gasteiger partial charge >= 0.3 is 0 Å². The Balaban J connectivity index is 2.94. The highest BCUT2D eigenvalue weighted by Crippen LogP contribution is 2.29. The first kappa shape index (κ1) is 21.8. The molecule has 0 radical (unpaired) electrons. The Morgan fingerprint density at radius 1 is 1.08 bits per heavy atom. The number of benzene rings is 1. The van der Waals surface area contributed by atoms with Crippen LogP contribution in [0.4, 0.5) is 0 Å². The third kappa shape index (κ3) is 6.94. The number of rotatable bonds is 9. The fourth-order valence-electron chi connectivity index (χ4n) is 2.38. The number of carbonyl (C=O) groups excluding carboxylic acids is 2. The van der Waals surface area contributed by atoms with Crippen molar-refractivity contribution in [2.24, 2.45) is 0 Å². The van der Waals surface area contributed by atoms with Gasteiger partial charge in [-0.3, -0.25) is 9.59 Å². The van der Waals surface area contributed by atoms with Gasteiger partial charge in [-0.05, 0) is 59.2 Å². The van der Waals surface area contributed by atoms with Gasteiger partial charge in [0.2, 0.25) is 5.91 Å². The largest absolute Gasteiger partial charge is 0.490 e. The van der Waals surface area contributed by atoms with E-state index < -0.39 is 0 Å². The van der Waals surface area contributed by atoms with Crippen molar-refractivity contribution in [3.05, 3.63) is 23.8 Å². The summed E-state index contributed by atoms with van der Waals surface area (Å²) in [4.78, 5) is 26.5. The number of hydrogen-bond donors (Lipinski definition) is 1. The second kappa shape index (κ2) is 10.0. The average Bonchev–Trinajstić information content (AvgIpc) is 2.56. The van der Waals surface area contributed by atoms with E-state index in [1.165, 1.54) is 4.90 Å². The molecule has 2 amide bonds. The minimum atomic E-state index is -0.333. The van der Waals surface area contributed by atoms with Gasteiger partial charge in [0.1, 0.15) is 0 Å². The Labute approximate surface area is 156 Å². The third-order valence-electron chi connectivity index (χ3n) is 3.47. The van der Waals surface area contributed by atoms with Gasteiger partial charge in [-0.2, -0.15) is 0 Å². The average molecular weight is 364 g/mol. The zero-order chi connectivity index (χ0) is 19.7. The molecule has 0 aromatic heterocycles. The molecule has 0 aliphatic heterocycles. The fourth-order valence-corrected chi connectivity index (χ4v) is 2.38. The van der Waals surface area contributed by atoms with Gasteiger partial charge in [0.25, 0.3) is 5.91 Å². The Morgan fingerprint density at radius 3 is 2.31 bits per heavy atom. The SMILES string of the molecule is CCCOc1ccc(C(=O)N(CC)CC(=O)NC(C)(C)C)cc1OCC. The molecule has 1 aromatic rings. The highest BCUT2D eigenvalue weighted by molar-refractivity contribution is 5.97. The number of likely N-dealkylation sites (N-methyl/N-ethyl adjacent to an activating group) is 1. The molecule has 0 aliphatic rings. The summed E-state index contributed by atoms with van der Waals surface area (Å²) in [6.45, 7) is 13.0. The Hall–Kier alpha value is -2.24. The maximum Gasteiger partial charge on any atom is 0.254 e. The lowest BCUT2D eigenvalue weighted by atomic mass is 10.1. The summed E-state index contributed by atoms with van der Waals surface area (Å²) in [5.74, 6) is 0.779. The van der Waals surface area contributed by atoms with Crippen LogP contribution in [0, 0.1) is 0 Å². The topological polar surface area (TPSA) is 67.9 Å². The first-order valence-electron chi connectivity index (χ1n) is 9.21. The van der Waals surface area contributed by atoms with Crippen LogP contribution in [-0.2, 0) is 4.79 Å². The number of nitrogens with one attached hydrogen (secondary N) is 1. The van der Waals surface area contributed by atoms with Crippen LogP contribution in [0.1, 0.15) is 58.3 Å². The van der Waals surface area contributed by atoms with Crippen molar-refractivity contribution in [2.45, 2.75) is 53.5 Å². The van der Waals surface area contributed by atoms with Crippen molar-refractivity contribution >= 4 is 11.8 Å². The molecule has 0 unspecified atom stereocenters. The van der Waals surface area contributed by atoms with Gasteiger partial charge in [0.05, 0.1) is 19.8 Å². The van der Waals surface area contributed by atoms with Crippen molar-refractivity contribution in [3.63, 3.8) is 0 Å². The summed E-state index contributed by atoms with van der Waals surface area (Å²) in [7, 11) is 0. The van der Waals surface area contributed by atoms with E-state index in [2.05, 4.69) is 5.32 Å². The molecular formula is C20H32N2O4. The summed E-state index contributed by atoms with van der Waals surface area (Å²) in [6, 6.07) is 5.14. The summed E-state index contributed by atoms with van der Waals surface area (Å²) in [5.41, 5.74) is 0.141. The predicted octanol–water partition coefficient (Wildman–Crippen LogP) is 3.25. The number of amides is 2. The van der Waals surface area contributed by atoms with Crippen LogP contribution in [0.3, 0.4) is 0 Å². The van der Waals surface area contributed by atoms with E-state index >= 15 is 0 Å². The lowest BCUT2D eigenvalue weighted by Crippen LogP contribution is -2.47. The lowest BCUT2D eigenvalue weighted by molar-refractivity contribution is -0.123. The molecule has 0 spiro atoms. The predicted molar refractivity (Wildman–Crippen MR) is 103 cm³/mol. The second-order valence-corrected chi connectivity index (χ2v) is 7.06. The van der Waals surface area contributed by atoms with Crippen LogP contribution in [0.5, 0.6) is 11.5 Å². The van der Waals surface area contributed by atoms with Crippen LogP contribution in [0.25, 0.3) is 0 Å². The van der Waals surface area contributed by atoms with Crippen LogP contribution < -0.4 is 14.8 Å². The van der Waals surface area contributed by atoms with Crippen molar-refractivity contribution in [2.75, 3.05) is 26.3 Å². The van der Waals surface area contributed by atoms with Crippen LogP contribution in [0.2, 0.25) is 0 Å². The monoisotopic (exact) mass is 364 g/mol. The molecule has 0 heterocycles. The molecule has 6 heteroatoms. The van der Waals surface area contributed by atoms with E-state index in [1.54, 1.807) is 18.2 Å². The maximum atomic E-state index is 12.8. The van der Waals surface area contributed by atoms with Gasteiger partial charge in [0.15, 0.2) is 11.5 Å². The minimum absolute atomic E-state index is 0.0185. The molecule has 146 valence electrons. The normalized spacial score (nSPS) is 11.0. The van der Waals surface area contributed by atoms with E-state index in [0.29, 0.717) is 36.8 Å². The zero-order valence-electron chi connectivity index (χ0n) is 16.8. The molecule has 0 fully saturated rings. The van der Waals surface area contributed by atoms with Crippen molar-refractivity contribution in [3.8, 4) is 11.5 Å². The summed E-state index contributed by atoms with van der Waals surface area (Å²) >= 11 is 0. The molecule has 1 aromatic carbocycles. The first-order chi connectivity index (χ1) is 12.2. The number of hydrogen-bond acceptors (Lipinski definition) is 4. The van der Waals surface area contributed by atoms with E-state index in [4.69, 9.17) is 9.47 Å². The molecule has 0 bridgehead atoms. The van der Waals surface area contributed by atoms with Crippen molar-refractivity contribution in [1.29, 1.82) is 0 Å². The highest BCUT2D eigenvalue weighted by atomic mass is 16.5. The Bertz CT molecular complexity index is 608. The standard InChI is InChI=1S/C20H32N2O4/c1-7-12-26-16-11-10-15(13-17(16)25-9-3)19(24)22(8-2)14-18(23)21-20(4,5)6/h10-11,13H,7-9,12,14H2,1-6H3,(H,21,23). The Morgan fingerprint density at radius 2 is 1.77 bits per heavy atom. The molecule has 1 rings (SSSR count). The fraction of sp³-hybridized carbons (Fsp3) is 0.600. The molecule has 0 aliphatic carbocycles. The van der Waals surface area contributed by atoms with Crippen molar-refractivity contribution in [1.82, 2.24) is 10.2 Å². The molecule has 1 N–H and O–H groups in total. The van der Waals surface area contributed by atoms with Gasteiger partial charge in [-0.15, -0.1) is 0 Å². The third-order valence-corrected chi connectivity index (χ3v) is 3.47. The summed E-state index contributed by atoms with van der Waals surface area (Å²) in [6.07, 6.45) is 0.888. The molecule has 0 saturated heterocycles. The molecule has 26 heavy (non-hydrogen) atoms. The quantitative estimate of drug-likeness (QED) is 0.730. The van der Waals surface area contributed by atoms with Gasteiger partial charge in [0, 0.05) is 17.6 Å². The second-order valence-electron chi connectivity index (χ2n) is 7.06. The van der Waals surface area contributed by atoms with E-state index in [-0.39, 0.29) is 23.9 Å². The summed E-state index contributed by atoms with van der Waals surface area (Å²) < 4.78 is 11.3. The van der Waals surface area contributed by atoms with Crippen molar-refractivity contribution < 1.29 is 19.1 Å². The van der Waals surface area contributed by atoms with E-state index in [1.807, 2.05) is 41.5 Å². The van der Waals surface area contributed by atoms with E-state index in [0.717, 1.165) is 6.42 Å². The number of ether oxygens (including phenoxy) is 2. The number of nitrogens with zero attached hydrogens (tertiary/aromatic N) is 1. The maximum absolute atomic E-state index is 12.8. The van der Waals surface area contributed by atoms with Crippen LogP contribution >= 0.6 is 0 Å². The molecule has 0 atom stereocenters. The zero-order valence-corrected chi connectivity index (χ0v) is 16.8. The molecule has 6 nitrogen and oxygen atoms in total. The molecule has 0 saturated carbocycles. The highest BCUT2D eigenvalue weighted by Gasteiger charge is 2.21. The molecular weight excluding hydrogens is 332 g/mol. The lowest BCUT2D eigenvalue weighted by Gasteiger charge is -2.25. The van der Waals surface area contributed by atoms with Crippen LogP contribution in [0.15, 0.2) is 18.2 Å². The Kier molecular flexibility index (Phi) is 8.42. The minimum Gasteiger partial charge on any atom is -0.490 e. The van der Waals surface area contributed by atoms with Gasteiger partial charge in [-0.1, -0.05) is 6.92 Å².